The first-order valence-corrected chi connectivity index (χ1v) is 9.67. The van der Waals surface area contributed by atoms with Gasteiger partial charge in [-0.1, -0.05) is 23.7 Å². The molecular weight excluding hydrogens is 382 g/mol. The van der Waals surface area contributed by atoms with Gasteiger partial charge in [-0.15, -0.1) is 11.8 Å². The van der Waals surface area contributed by atoms with Gasteiger partial charge in [0.2, 0.25) is 5.91 Å². The quantitative estimate of drug-likeness (QED) is 0.592. The molecule has 3 rings (SSSR count). The highest BCUT2D eigenvalue weighted by molar-refractivity contribution is 8.00. The minimum Gasteiger partial charge on any atom is -0.467 e. The van der Waals surface area contributed by atoms with Crippen LogP contribution >= 0.6 is 23.4 Å². The van der Waals surface area contributed by atoms with Crippen LogP contribution in [0, 0.1) is 25.2 Å². The molecule has 0 bridgehead atoms. The minimum atomic E-state index is -0.199. The predicted octanol–water partition coefficient (Wildman–Crippen LogP) is 5.00. The highest BCUT2D eigenvalue weighted by Crippen LogP contribution is 2.29. The van der Waals surface area contributed by atoms with Gasteiger partial charge in [0.05, 0.1) is 29.1 Å². The Morgan fingerprint density at radius 2 is 2.07 bits per heavy atom. The number of rotatable bonds is 6. The number of hydrogen-bond acceptors (Lipinski definition) is 4. The third-order valence-electron chi connectivity index (χ3n) is 4.29. The first-order valence-electron chi connectivity index (χ1n) is 8.30. The molecule has 0 atom stereocenters. The first kappa shape index (κ1) is 19.2. The number of thioether (sulfide) groups is 1. The molecule has 0 fully saturated rings. The van der Waals surface area contributed by atoms with E-state index in [-0.39, 0.29) is 11.7 Å². The molecule has 1 amide bonds. The van der Waals surface area contributed by atoms with Crippen molar-refractivity contribution in [2.75, 3.05) is 11.1 Å². The third kappa shape index (κ3) is 4.21. The number of nitrogens with zero attached hydrogens (tertiary/aromatic N) is 2. The van der Waals surface area contributed by atoms with Gasteiger partial charge in [-0.05, 0) is 43.7 Å². The molecule has 0 saturated carbocycles. The van der Waals surface area contributed by atoms with E-state index in [1.807, 2.05) is 48.7 Å². The highest BCUT2D eigenvalue weighted by atomic mass is 35.5. The second kappa shape index (κ2) is 8.38. The van der Waals surface area contributed by atoms with E-state index in [0.717, 1.165) is 21.9 Å². The van der Waals surface area contributed by atoms with Crippen LogP contribution in [0.1, 0.15) is 22.6 Å². The molecule has 2 heterocycles. The van der Waals surface area contributed by atoms with Gasteiger partial charge < -0.3 is 14.3 Å². The second-order valence-corrected chi connectivity index (χ2v) is 7.40. The lowest BCUT2D eigenvalue weighted by molar-refractivity contribution is -0.113. The molecule has 0 saturated heterocycles. The summed E-state index contributed by atoms with van der Waals surface area (Å²) in [6, 6.07) is 13.3. The summed E-state index contributed by atoms with van der Waals surface area (Å²) in [5.41, 5.74) is 2.23. The zero-order valence-electron chi connectivity index (χ0n) is 15.0. The summed E-state index contributed by atoms with van der Waals surface area (Å²) in [4.78, 5) is 13.4. The van der Waals surface area contributed by atoms with Crippen LogP contribution in [0.25, 0.3) is 0 Å². The zero-order valence-corrected chi connectivity index (χ0v) is 16.5. The van der Waals surface area contributed by atoms with Crippen molar-refractivity contribution in [3.63, 3.8) is 0 Å². The summed E-state index contributed by atoms with van der Waals surface area (Å²) in [6.07, 6.45) is 1.60. The van der Waals surface area contributed by atoms with Crippen molar-refractivity contribution >= 4 is 35.1 Å². The molecule has 138 valence electrons. The van der Waals surface area contributed by atoms with Crippen LogP contribution in [0.2, 0.25) is 5.02 Å². The third-order valence-corrected chi connectivity index (χ3v) is 5.80. The fraction of sp³-hybridized carbons (Fsp3) is 0.200. The lowest BCUT2D eigenvalue weighted by Gasteiger charge is -2.12. The van der Waals surface area contributed by atoms with Crippen LogP contribution in [0.5, 0.6) is 0 Å². The van der Waals surface area contributed by atoms with E-state index >= 15 is 0 Å². The zero-order chi connectivity index (χ0) is 19.4. The maximum absolute atomic E-state index is 12.5. The maximum Gasteiger partial charge on any atom is 0.235 e. The van der Waals surface area contributed by atoms with Gasteiger partial charge in [-0.3, -0.25) is 4.79 Å². The summed E-state index contributed by atoms with van der Waals surface area (Å²) in [5, 5.41) is 13.1. The number of anilines is 1. The summed E-state index contributed by atoms with van der Waals surface area (Å²) in [7, 11) is 0. The van der Waals surface area contributed by atoms with Gasteiger partial charge in [0, 0.05) is 10.6 Å². The Balaban J connectivity index is 1.80. The van der Waals surface area contributed by atoms with Crippen LogP contribution in [0.4, 0.5) is 5.82 Å². The summed E-state index contributed by atoms with van der Waals surface area (Å²) in [6.45, 7) is 4.24. The number of halogens is 1. The Morgan fingerprint density at radius 1 is 1.30 bits per heavy atom. The summed E-state index contributed by atoms with van der Waals surface area (Å²) >= 11 is 7.49. The van der Waals surface area contributed by atoms with Gasteiger partial charge >= 0.3 is 0 Å². The molecule has 7 heteroatoms. The Hall–Kier alpha value is -2.62. The Kier molecular flexibility index (Phi) is 5.94. The molecule has 0 aliphatic carbocycles. The Bertz CT molecular complexity index is 1000. The molecule has 0 aliphatic heterocycles. The first-order chi connectivity index (χ1) is 13.0. The average molecular weight is 400 g/mol. The van der Waals surface area contributed by atoms with E-state index < -0.39 is 0 Å². The molecule has 1 N–H and O–H groups in total. The van der Waals surface area contributed by atoms with Crippen LogP contribution in [0.15, 0.2) is 52.0 Å². The molecule has 1 aromatic carbocycles. The SMILES string of the molecule is Cc1c(C#N)c(NC(=O)CSc2ccccc2Cl)n(Cc2ccco2)c1C. The van der Waals surface area contributed by atoms with E-state index in [4.69, 9.17) is 16.0 Å². The fourth-order valence-electron chi connectivity index (χ4n) is 2.76. The molecule has 0 aliphatic rings. The van der Waals surface area contributed by atoms with Gasteiger partial charge in [0.1, 0.15) is 17.6 Å². The Labute approximate surface area is 166 Å². The van der Waals surface area contributed by atoms with Crippen molar-refractivity contribution in [2.24, 2.45) is 0 Å². The summed E-state index contributed by atoms with van der Waals surface area (Å²) < 4.78 is 7.31. The van der Waals surface area contributed by atoms with Crippen LogP contribution in [-0.4, -0.2) is 16.2 Å². The van der Waals surface area contributed by atoms with Gasteiger partial charge in [-0.25, -0.2) is 0 Å². The average Bonchev–Trinajstić information content (AvgIpc) is 3.24. The molecule has 0 unspecified atom stereocenters. The van der Waals surface area contributed by atoms with Crippen molar-refractivity contribution < 1.29 is 9.21 Å². The van der Waals surface area contributed by atoms with E-state index in [1.165, 1.54) is 11.8 Å². The topological polar surface area (TPSA) is 71.0 Å². The minimum absolute atomic E-state index is 0.193. The molecule has 3 aromatic rings. The molecule has 0 spiro atoms. The number of benzene rings is 1. The smallest absolute Gasteiger partial charge is 0.235 e. The fourth-order valence-corrected chi connectivity index (χ4v) is 3.80. The van der Waals surface area contributed by atoms with Crippen molar-refractivity contribution in [3.05, 3.63) is 70.3 Å². The largest absolute Gasteiger partial charge is 0.467 e. The Morgan fingerprint density at radius 3 is 2.74 bits per heavy atom. The maximum atomic E-state index is 12.5. The monoisotopic (exact) mass is 399 g/mol. The highest BCUT2D eigenvalue weighted by Gasteiger charge is 2.20. The van der Waals surface area contributed by atoms with Crippen LogP contribution in [0.3, 0.4) is 0 Å². The number of nitrogens with one attached hydrogen (secondary N) is 1. The second-order valence-electron chi connectivity index (χ2n) is 5.98. The van der Waals surface area contributed by atoms with Crippen LogP contribution in [-0.2, 0) is 11.3 Å². The number of furan rings is 1. The van der Waals surface area contributed by atoms with Gasteiger partial charge in [-0.2, -0.15) is 5.26 Å². The predicted molar refractivity (Wildman–Crippen MR) is 107 cm³/mol. The standard InChI is InChI=1S/C20H18ClN3O2S/c1-13-14(2)24(11-15-6-5-9-26-15)20(16(13)10-22)23-19(25)12-27-18-8-4-3-7-17(18)21/h3-9H,11-12H2,1-2H3,(H,23,25). The lowest BCUT2D eigenvalue weighted by Crippen LogP contribution is -2.18. The molecule has 27 heavy (non-hydrogen) atoms. The number of carbonyl (C=O) groups excluding carboxylic acids is 1. The normalized spacial score (nSPS) is 10.6. The molecule has 5 nitrogen and oxygen atoms in total. The number of hydrogen-bond donors (Lipinski definition) is 1. The van der Waals surface area contributed by atoms with E-state index in [9.17, 15) is 10.1 Å². The molecular formula is C20H18ClN3O2S. The lowest BCUT2D eigenvalue weighted by atomic mass is 10.2. The number of amides is 1. The molecule has 2 aromatic heterocycles. The van der Waals surface area contributed by atoms with Crippen molar-refractivity contribution in [2.45, 2.75) is 25.3 Å². The van der Waals surface area contributed by atoms with Crippen molar-refractivity contribution in [3.8, 4) is 6.07 Å². The van der Waals surface area contributed by atoms with Crippen molar-refractivity contribution in [1.82, 2.24) is 4.57 Å². The summed E-state index contributed by atoms with van der Waals surface area (Å²) in [5.74, 6) is 1.24. The van der Waals surface area contributed by atoms with Gasteiger partial charge in [0.15, 0.2) is 0 Å². The number of aromatic nitrogens is 1. The van der Waals surface area contributed by atoms with Crippen molar-refractivity contribution in [1.29, 1.82) is 5.26 Å². The molecule has 0 radical (unpaired) electrons. The van der Waals surface area contributed by atoms with Crippen LogP contribution < -0.4 is 5.32 Å². The number of carbonyl (C=O) groups is 1. The number of nitriles is 1. The van der Waals surface area contributed by atoms with Gasteiger partial charge in [0.25, 0.3) is 0 Å². The van der Waals surface area contributed by atoms with E-state index in [0.29, 0.717) is 22.9 Å². The van der Waals surface area contributed by atoms with E-state index in [2.05, 4.69) is 11.4 Å². The van der Waals surface area contributed by atoms with E-state index in [1.54, 1.807) is 12.3 Å².